The summed E-state index contributed by atoms with van der Waals surface area (Å²) in [6.07, 6.45) is 3.28. The Labute approximate surface area is 151 Å². The van der Waals surface area contributed by atoms with Crippen LogP contribution in [0.3, 0.4) is 0 Å². The van der Waals surface area contributed by atoms with E-state index in [9.17, 15) is 8.42 Å². The minimum atomic E-state index is -3.33. The zero-order valence-electron chi connectivity index (χ0n) is 12.3. The van der Waals surface area contributed by atoms with Crippen molar-refractivity contribution >= 4 is 37.5 Å². The third-order valence-electron chi connectivity index (χ3n) is 3.07. The lowest BCUT2D eigenvalue weighted by Crippen LogP contribution is -2.08. The molecule has 24 heavy (non-hydrogen) atoms. The maximum atomic E-state index is 12.3. The molecule has 0 amide bonds. The Morgan fingerprint density at radius 3 is 2.62 bits per heavy atom. The Hall–Kier alpha value is -1.71. The van der Waals surface area contributed by atoms with Gasteiger partial charge in [-0.25, -0.2) is 8.42 Å². The number of benzene rings is 1. The molecule has 0 unspecified atom stereocenters. The van der Waals surface area contributed by atoms with Crippen LogP contribution >= 0.6 is 27.7 Å². The molecule has 0 atom stereocenters. The summed E-state index contributed by atoms with van der Waals surface area (Å²) in [6.45, 7) is 0. The van der Waals surface area contributed by atoms with Crippen LogP contribution in [0.5, 0.6) is 0 Å². The zero-order chi connectivity index (χ0) is 17.0. The van der Waals surface area contributed by atoms with Gasteiger partial charge in [0.15, 0.2) is 9.84 Å². The SMILES string of the molecule is O=S(=O)(CCSc1nnc(-c2cccnc2)o1)c1ccc(Br)cc1. The molecule has 1 aromatic carbocycles. The topological polar surface area (TPSA) is 86.0 Å². The number of hydrogen-bond acceptors (Lipinski definition) is 7. The molecule has 0 aliphatic rings. The van der Waals surface area contributed by atoms with E-state index in [1.165, 1.54) is 11.8 Å². The van der Waals surface area contributed by atoms with Gasteiger partial charge in [0.2, 0.25) is 5.89 Å². The predicted molar refractivity (Wildman–Crippen MR) is 94.4 cm³/mol. The summed E-state index contributed by atoms with van der Waals surface area (Å²) in [5, 5.41) is 8.18. The fraction of sp³-hybridized carbons (Fsp3) is 0.133. The summed E-state index contributed by atoms with van der Waals surface area (Å²) in [7, 11) is -3.33. The molecular weight excluding hydrogens is 414 g/mol. The summed E-state index contributed by atoms with van der Waals surface area (Å²) in [4.78, 5) is 4.29. The third kappa shape index (κ3) is 4.22. The van der Waals surface area contributed by atoms with Crippen molar-refractivity contribution in [3.8, 4) is 11.5 Å². The molecule has 9 heteroatoms. The first-order chi connectivity index (χ1) is 11.5. The molecule has 124 valence electrons. The van der Waals surface area contributed by atoms with Crippen LogP contribution in [0.15, 0.2) is 67.8 Å². The highest BCUT2D eigenvalue weighted by atomic mass is 79.9. The number of rotatable bonds is 6. The van der Waals surface area contributed by atoms with Gasteiger partial charge in [0.05, 0.1) is 16.2 Å². The number of aromatic nitrogens is 3. The fourth-order valence-corrected chi connectivity index (χ4v) is 4.55. The van der Waals surface area contributed by atoms with Crippen molar-refractivity contribution in [2.45, 2.75) is 10.1 Å². The molecule has 6 nitrogen and oxygen atoms in total. The highest BCUT2D eigenvalue weighted by Gasteiger charge is 2.16. The molecule has 0 saturated carbocycles. The Balaban J connectivity index is 1.60. The van der Waals surface area contributed by atoms with Crippen LogP contribution in [0, 0.1) is 0 Å². The second-order valence-corrected chi connectivity index (χ2v) is 8.81. The van der Waals surface area contributed by atoms with E-state index in [1.807, 2.05) is 6.07 Å². The van der Waals surface area contributed by atoms with Gasteiger partial charge in [-0.1, -0.05) is 27.7 Å². The minimum absolute atomic E-state index is 0.0100. The van der Waals surface area contributed by atoms with Gasteiger partial charge in [-0.15, -0.1) is 10.2 Å². The number of pyridine rings is 1. The molecule has 0 N–H and O–H groups in total. The lowest BCUT2D eigenvalue weighted by molar-refractivity contribution is 0.466. The lowest BCUT2D eigenvalue weighted by Gasteiger charge is -2.03. The molecule has 2 aromatic heterocycles. The molecule has 0 aliphatic heterocycles. The highest BCUT2D eigenvalue weighted by Crippen LogP contribution is 2.23. The van der Waals surface area contributed by atoms with Crippen LogP contribution in [0.4, 0.5) is 0 Å². The van der Waals surface area contributed by atoms with Crippen molar-refractivity contribution in [3.63, 3.8) is 0 Å². The highest BCUT2D eigenvalue weighted by molar-refractivity contribution is 9.10. The molecule has 0 saturated heterocycles. The van der Waals surface area contributed by atoms with E-state index in [4.69, 9.17) is 4.42 Å². The summed E-state index contributed by atoms with van der Waals surface area (Å²) >= 11 is 4.50. The van der Waals surface area contributed by atoms with Crippen LogP contribution in [-0.4, -0.2) is 35.1 Å². The van der Waals surface area contributed by atoms with Crippen LogP contribution in [0.1, 0.15) is 0 Å². The third-order valence-corrected chi connectivity index (χ3v) is 6.40. The van der Waals surface area contributed by atoms with Crippen molar-refractivity contribution < 1.29 is 12.8 Å². The first-order valence-corrected chi connectivity index (χ1v) is 10.3. The van der Waals surface area contributed by atoms with Crippen molar-refractivity contribution in [3.05, 3.63) is 53.3 Å². The van der Waals surface area contributed by atoms with E-state index >= 15 is 0 Å². The molecule has 0 aliphatic carbocycles. The van der Waals surface area contributed by atoms with Crippen molar-refractivity contribution in [1.82, 2.24) is 15.2 Å². The van der Waals surface area contributed by atoms with Crippen LogP contribution in [-0.2, 0) is 9.84 Å². The Morgan fingerprint density at radius 1 is 1.12 bits per heavy atom. The summed E-state index contributed by atoms with van der Waals surface area (Å²) in [6, 6.07) is 10.2. The molecule has 0 spiro atoms. The van der Waals surface area contributed by atoms with Crippen molar-refractivity contribution in [1.29, 1.82) is 0 Å². The molecule has 3 rings (SSSR count). The van der Waals surface area contributed by atoms with Gasteiger partial charge in [0.1, 0.15) is 0 Å². The average molecular weight is 426 g/mol. The minimum Gasteiger partial charge on any atom is -0.411 e. The largest absolute Gasteiger partial charge is 0.411 e. The van der Waals surface area contributed by atoms with Gasteiger partial charge in [-0.05, 0) is 36.4 Å². The smallest absolute Gasteiger partial charge is 0.276 e. The first-order valence-electron chi connectivity index (χ1n) is 6.90. The maximum absolute atomic E-state index is 12.3. The fourth-order valence-electron chi connectivity index (χ4n) is 1.87. The van der Waals surface area contributed by atoms with Crippen molar-refractivity contribution in [2.75, 3.05) is 11.5 Å². The summed E-state index contributed by atoms with van der Waals surface area (Å²) in [5.41, 5.74) is 0.722. The van der Waals surface area contributed by atoms with Gasteiger partial charge in [0, 0.05) is 22.6 Å². The second kappa shape index (κ2) is 7.45. The molecule has 0 radical (unpaired) electrons. The average Bonchev–Trinajstić information content (AvgIpc) is 3.05. The maximum Gasteiger partial charge on any atom is 0.276 e. The summed E-state index contributed by atoms with van der Waals surface area (Å²) in [5.74, 6) is 0.679. The predicted octanol–water partition coefficient (Wildman–Crippen LogP) is 3.46. The standard InChI is InChI=1S/C15H12BrN3O3S2/c16-12-3-5-13(6-4-12)24(20,21)9-8-23-15-19-18-14(22-15)11-2-1-7-17-10-11/h1-7,10H,8-9H2. The number of sulfone groups is 1. The van der Waals surface area contributed by atoms with Gasteiger partial charge in [-0.2, -0.15) is 0 Å². The van der Waals surface area contributed by atoms with Crippen LogP contribution < -0.4 is 0 Å². The molecular formula is C15H12BrN3O3S2. The van der Waals surface area contributed by atoms with Crippen molar-refractivity contribution in [2.24, 2.45) is 0 Å². The number of thioether (sulfide) groups is 1. The molecule has 2 heterocycles. The van der Waals surface area contributed by atoms with Gasteiger partial charge in [0.25, 0.3) is 5.22 Å². The van der Waals surface area contributed by atoms with Gasteiger partial charge >= 0.3 is 0 Å². The van der Waals surface area contributed by atoms with Gasteiger partial charge in [-0.3, -0.25) is 4.98 Å². The normalized spacial score (nSPS) is 11.5. The Morgan fingerprint density at radius 2 is 1.92 bits per heavy atom. The summed E-state index contributed by atoms with van der Waals surface area (Å²) < 4.78 is 30.9. The van der Waals surface area contributed by atoms with Gasteiger partial charge < -0.3 is 4.42 Å². The van der Waals surface area contributed by atoms with E-state index in [0.29, 0.717) is 21.8 Å². The van der Waals surface area contributed by atoms with E-state index in [-0.39, 0.29) is 5.75 Å². The van der Waals surface area contributed by atoms with E-state index < -0.39 is 9.84 Å². The monoisotopic (exact) mass is 425 g/mol. The number of nitrogens with zero attached hydrogens (tertiary/aromatic N) is 3. The quantitative estimate of drug-likeness (QED) is 0.558. The second-order valence-electron chi connectivity index (χ2n) is 4.74. The number of hydrogen-bond donors (Lipinski definition) is 0. The number of halogens is 1. The van der Waals surface area contributed by atoms with Crippen LogP contribution in [0.25, 0.3) is 11.5 Å². The van der Waals surface area contributed by atoms with E-state index in [2.05, 4.69) is 31.1 Å². The molecule has 0 bridgehead atoms. The molecule has 0 fully saturated rings. The first kappa shape index (κ1) is 17.1. The van der Waals surface area contributed by atoms with E-state index in [1.54, 1.807) is 42.7 Å². The van der Waals surface area contributed by atoms with Crippen LogP contribution in [0.2, 0.25) is 0 Å². The molecule has 3 aromatic rings. The Kier molecular flexibility index (Phi) is 5.32. The van der Waals surface area contributed by atoms with E-state index in [0.717, 1.165) is 10.0 Å². The lowest BCUT2D eigenvalue weighted by atomic mass is 10.3. The zero-order valence-corrected chi connectivity index (χ0v) is 15.5. The Bertz CT molecular complexity index is 913.